The van der Waals surface area contributed by atoms with E-state index in [4.69, 9.17) is 10.7 Å². The second-order valence-corrected chi connectivity index (χ2v) is 8.05. The fraction of sp³-hybridized carbons (Fsp3) is 0.769. The van der Waals surface area contributed by atoms with E-state index in [0.29, 0.717) is 5.41 Å². The fourth-order valence-electron chi connectivity index (χ4n) is 2.57. The largest absolute Gasteiger partial charge is 0.319 e. The molecule has 1 aromatic rings. The normalized spacial score (nSPS) is 28.3. The van der Waals surface area contributed by atoms with E-state index in [1.165, 1.54) is 16.3 Å². The van der Waals surface area contributed by atoms with Crippen molar-refractivity contribution in [1.82, 2.24) is 4.98 Å². The standard InChI is InChI=1S/C13H22N2S2/c1-5-10-9(2)17-11(15-10)13(14)6-12(3,4)7-16-8-13/h5-8,14H2,1-4H3. The van der Waals surface area contributed by atoms with Gasteiger partial charge >= 0.3 is 0 Å². The molecule has 0 aromatic carbocycles. The van der Waals surface area contributed by atoms with E-state index in [1.54, 1.807) is 11.3 Å². The van der Waals surface area contributed by atoms with Gasteiger partial charge in [-0.1, -0.05) is 20.8 Å². The van der Waals surface area contributed by atoms with Gasteiger partial charge in [0, 0.05) is 10.6 Å². The number of nitrogens with two attached hydrogens (primary N) is 1. The first-order chi connectivity index (χ1) is 7.86. The molecule has 1 fully saturated rings. The van der Waals surface area contributed by atoms with Crippen LogP contribution in [0, 0.1) is 12.3 Å². The number of rotatable bonds is 2. The van der Waals surface area contributed by atoms with E-state index >= 15 is 0 Å². The van der Waals surface area contributed by atoms with Crippen molar-refractivity contribution in [2.75, 3.05) is 11.5 Å². The summed E-state index contributed by atoms with van der Waals surface area (Å²) in [5.74, 6) is 2.21. The number of thiazole rings is 1. The minimum atomic E-state index is -0.213. The van der Waals surface area contributed by atoms with Gasteiger partial charge in [0.25, 0.3) is 0 Å². The van der Waals surface area contributed by atoms with Crippen molar-refractivity contribution in [1.29, 1.82) is 0 Å². The SMILES string of the molecule is CCc1nc(C2(N)CSCC(C)(C)C2)sc1C. The van der Waals surface area contributed by atoms with Gasteiger partial charge in [0.2, 0.25) is 0 Å². The molecule has 4 heteroatoms. The highest BCUT2D eigenvalue weighted by Crippen LogP contribution is 2.44. The Kier molecular flexibility index (Phi) is 3.59. The quantitative estimate of drug-likeness (QED) is 0.896. The molecule has 1 aliphatic heterocycles. The molecule has 0 spiro atoms. The topological polar surface area (TPSA) is 38.9 Å². The lowest BCUT2D eigenvalue weighted by molar-refractivity contribution is 0.270. The van der Waals surface area contributed by atoms with E-state index in [1.807, 2.05) is 11.8 Å². The Labute approximate surface area is 112 Å². The van der Waals surface area contributed by atoms with Crippen molar-refractivity contribution in [3.8, 4) is 0 Å². The molecule has 1 aliphatic rings. The van der Waals surface area contributed by atoms with Crippen molar-refractivity contribution >= 4 is 23.1 Å². The maximum absolute atomic E-state index is 6.62. The summed E-state index contributed by atoms with van der Waals surface area (Å²) >= 11 is 3.76. The van der Waals surface area contributed by atoms with Crippen molar-refractivity contribution in [2.45, 2.75) is 46.1 Å². The third-order valence-electron chi connectivity index (χ3n) is 3.30. The monoisotopic (exact) mass is 270 g/mol. The summed E-state index contributed by atoms with van der Waals surface area (Å²) in [7, 11) is 0. The van der Waals surface area contributed by atoms with Gasteiger partial charge in [0.05, 0.1) is 11.2 Å². The minimum Gasteiger partial charge on any atom is -0.319 e. The van der Waals surface area contributed by atoms with Crippen molar-refractivity contribution in [3.63, 3.8) is 0 Å². The first-order valence-electron chi connectivity index (χ1n) is 6.20. The maximum atomic E-state index is 6.62. The van der Waals surface area contributed by atoms with Crippen LogP contribution in [-0.2, 0) is 12.0 Å². The van der Waals surface area contributed by atoms with Crippen LogP contribution in [0.5, 0.6) is 0 Å². The Morgan fingerprint density at radius 2 is 2.06 bits per heavy atom. The van der Waals surface area contributed by atoms with Crippen LogP contribution in [0.25, 0.3) is 0 Å². The summed E-state index contributed by atoms with van der Waals surface area (Å²) < 4.78 is 0. The van der Waals surface area contributed by atoms with Gasteiger partial charge in [0.15, 0.2) is 0 Å². The van der Waals surface area contributed by atoms with E-state index in [-0.39, 0.29) is 5.54 Å². The number of aromatic nitrogens is 1. The maximum Gasteiger partial charge on any atom is 0.114 e. The number of thioether (sulfide) groups is 1. The number of hydrogen-bond donors (Lipinski definition) is 1. The second-order valence-electron chi connectivity index (χ2n) is 5.87. The smallest absolute Gasteiger partial charge is 0.114 e. The van der Waals surface area contributed by atoms with Crippen molar-refractivity contribution in [3.05, 3.63) is 15.6 Å². The summed E-state index contributed by atoms with van der Waals surface area (Å²) in [6.07, 6.45) is 2.05. The minimum absolute atomic E-state index is 0.213. The Morgan fingerprint density at radius 3 is 2.59 bits per heavy atom. The highest BCUT2D eigenvalue weighted by molar-refractivity contribution is 7.99. The molecular formula is C13H22N2S2. The molecule has 1 atom stereocenters. The third-order valence-corrected chi connectivity index (χ3v) is 6.24. The van der Waals surface area contributed by atoms with Gasteiger partial charge in [-0.05, 0) is 30.9 Å². The molecular weight excluding hydrogens is 248 g/mol. The Hall–Kier alpha value is -0.0600. The fourth-order valence-corrected chi connectivity index (χ4v) is 5.12. The molecule has 96 valence electrons. The second kappa shape index (κ2) is 4.56. The molecule has 0 saturated carbocycles. The number of hydrogen-bond acceptors (Lipinski definition) is 4. The molecule has 2 heterocycles. The molecule has 2 nitrogen and oxygen atoms in total. The van der Waals surface area contributed by atoms with E-state index < -0.39 is 0 Å². The summed E-state index contributed by atoms with van der Waals surface area (Å²) in [4.78, 5) is 6.10. The first kappa shape index (κ1) is 13.4. The molecule has 1 aromatic heterocycles. The number of nitrogens with zero attached hydrogens (tertiary/aromatic N) is 1. The van der Waals surface area contributed by atoms with E-state index in [2.05, 4.69) is 27.7 Å². The van der Waals surface area contributed by atoms with Gasteiger partial charge < -0.3 is 5.73 Å². The molecule has 0 aliphatic carbocycles. The molecule has 2 rings (SSSR count). The Balaban J connectivity index is 2.30. The predicted molar refractivity (Wildman–Crippen MR) is 77.8 cm³/mol. The van der Waals surface area contributed by atoms with Crippen molar-refractivity contribution < 1.29 is 0 Å². The number of aryl methyl sites for hydroxylation is 2. The van der Waals surface area contributed by atoms with Crippen LogP contribution >= 0.6 is 23.1 Å². The van der Waals surface area contributed by atoms with Crippen LogP contribution in [0.4, 0.5) is 0 Å². The summed E-state index contributed by atoms with van der Waals surface area (Å²) in [6, 6.07) is 0. The molecule has 1 unspecified atom stereocenters. The Bertz CT molecular complexity index is 412. The lowest BCUT2D eigenvalue weighted by atomic mass is 9.81. The highest BCUT2D eigenvalue weighted by atomic mass is 32.2. The summed E-state index contributed by atoms with van der Waals surface area (Å²) in [6.45, 7) is 8.93. The van der Waals surface area contributed by atoms with Crippen LogP contribution in [0.15, 0.2) is 0 Å². The van der Waals surface area contributed by atoms with E-state index in [0.717, 1.165) is 23.6 Å². The van der Waals surface area contributed by atoms with Crippen molar-refractivity contribution in [2.24, 2.45) is 11.1 Å². The Morgan fingerprint density at radius 1 is 1.35 bits per heavy atom. The lowest BCUT2D eigenvalue weighted by Crippen LogP contribution is -2.47. The zero-order chi connectivity index (χ0) is 12.7. The average molecular weight is 270 g/mol. The van der Waals surface area contributed by atoms with Gasteiger partial charge in [-0.3, -0.25) is 0 Å². The van der Waals surface area contributed by atoms with Crippen LogP contribution in [0.3, 0.4) is 0 Å². The van der Waals surface area contributed by atoms with Gasteiger partial charge in [0.1, 0.15) is 5.01 Å². The van der Waals surface area contributed by atoms with Crippen LogP contribution in [0.1, 0.15) is 42.8 Å². The molecule has 2 N–H and O–H groups in total. The molecule has 17 heavy (non-hydrogen) atoms. The zero-order valence-electron chi connectivity index (χ0n) is 11.2. The van der Waals surface area contributed by atoms with Gasteiger partial charge in [-0.2, -0.15) is 11.8 Å². The highest BCUT2D eigenvalue weighted by Gasteiger charge is 2.41. The average Bonchev–Trinajstić information content (AvgIpc) is 2.58. The first-order valence-corrected chi connectivity index (χ1v) is 8.17. The third kappa shape index (κ3) is 2.69. The van der Waals surface area contributed by atoms with Crippen LogP contribution in [-0.4, -0.2) is 16.5 Å². The van der Waals surface area contributed by atoms with Crippen LogP contribution in [0.2, 0.25) is 0 Å². The molecule has 0 radical (unpaired) electrons. The summed E-state index contributed by atoms with van der Waals surface area (Å²) in [5.41, 5.74) is 7.96. The van der Waals surface area contributed by atoms with Crippen LogP contribution < -0.4 is 5.73 Å². The van der Waals surface area contributed by atoms with Gasteiger partial charge in [-0.15, -0.1) is 11.3 Å². The predicted octanol–water partition coefficient (Wildman–Crippen LogP) is 3.33. The molecule has 0 amide bonds. The summed E-state index contributed by atoms with van der Waals surface area (Å²) in [5, 5.41) is 1.15. The molecule has 0 bridgehead atoms. The molecule has 1 saturated heterocycles. The van der Waals surface area contributed by atoms with E-state index in [9.17, 15) is 0 Å². The van der Waals surface area contributed by atoms with Gasteiger partial charge in [-0.25, -0.2) is 4.98 Å². The zero-order valence-corrected chi connectivity index (χ0v) is 12.8. The lowest BCUT2D eigenvalue weighted by Gasteiger charge is -2.40.